The van der Waals surface area contributed by atoms with Crippen LogP contribution in [-0.2, 0) is 0 Å². The summed E-state index contributed by atoms with van der Waals surface area (Å²) in [6.07, 6.45) is 3.27. The Hall–Kier alpha value is -1.95. The van der Waals surface area contributed by atoms with E-state index < -0.39 is 5.97 Å². The standard InChI is InChI=1S/C15H21N3O3/c1-9-5-4-6-10(2)18(9)17-14(19)13-8-7-12(15(20)21)11(3)16-13/h7-10H,4-6H2,1-3H3,(H,17,19)(H,20,21). The monoisotopic (exact) mass is 291 g/mol. The van der Waals surface area contributed by atoms with Gasteiger partial charge in [-0.15, -0.1) is 0 Å². The highest BCUT2D eigenvalue weighted by atomic mass is 16.4. The summed E-state index contributed by atoms with van der Waals surface area (Å²) >= 11 is 0. The second-order valence-electron chi connectivity index (χ2n) is 5.61. The molecule has 1 aromatic rings. The minimum atomic E-state index is -1.04. The Morgan fingerprint density at radius 2 is 1.90 bits per heavy atom. The van der Waals surface area contributed by atoms with Gasteiger partial charge in [-0.1, -0.05) is 6.42 Å². The number of carbonyl (C=O) groups is 2. The van der Waals surface area contributed by atoms with Gasteiger partial charge >= 0.3 is 5.97 Å². The molecule has 6 heteroatoms. The molecule has 0 aliphatic carbocycles. The number of rotatable bonds is 3. The van der Waals surface area contributed by atoms with E-state index in [1.54, 1.807) is 6.92 Å². The van der Waals surface area contributed by atoms with Crippen LogP contribution in [0.2, 0.25) is 0 Å². The lowest BCUT2D eigenvalue weighted by molar-refractivity contribution is 0.0366. The molecule has 2 atom stereocenters. The molecular formula is C15H21N3O3. The van der Waals surface area contributed by atoms with Crippen LogP contribution in [0.15, 0.2) is 12.1 Å². The normalized spacial score (nSPS) is 22.8. The fraction of sp³-hybridized carbons (Fsp3) is 0.533. The van der Waals surface area contributed by atoms with Crippen molar-refractivity contribution < 1.29 is 14.7 Å². The van der Waals surface area contributed by atoms with Gasteiger partial charge in [-0.2, -0.15) is 0 Å². The number of carbonyl (C=O) groups excluding carboxylic acids is 1. The topological polar surface area (TPSA) is 82.5 Å². The molecular weight excluding hydrogens is 270 g/mol. The van der Waals surface area contributed by atoms with E-state index in [0.29, 0.717) is 5.69 Å². The van der Waals surface area contributed by atoms with E-state index in [9.17, 15) is 9.59 Å². The number of hydrazine groups is 1. The van der Waals surface area contributed by atoms with Crippen molar-refractivity contribution >= 4 is 11.9 Å². The minimum absolute atomic E-state index is 0.117. The first-order valence-corrected chi connectivity index (χ1v) is 7.20. The van der Waals surface area contributed by atoms with Crippen molar-refractivity contribution in [3.05, 3.63) is 29.1 Å². The summed E-state index contributed by atoms with van der Waals surface area (Å²) in [6, 6.07) is 3.45. The molecule has 6 nitrogen and oxygen atoms in total. The Balaban J connectivity index is 2.13. The lowest BCUT2D eigenvalue weighted by Crippen LogP contribution is -2.54. The summed E-state index contributed by atoms with van der Waals surface area (Å²) in [5, 5.41) is 10.9. The van der Waals surface area contributed by atoms with Crippen LogP contribution < -0.4 is 5.43 Å². The van der Waals surface area contributed by atoms with Gasteiger partial charge in [-0.25, -0.2) is 14.8 Å². The molecule has 21 heavy (non-hydrogen) atoms. The first-order chi connectivity index (χ1) is 9.90. The SMILES string of the molecule is Cc1nc(C(=O)NN2C(C)CCCC2C)ccc1C(=O)O. The molecule has 0 saturated carbocycles. The van der Waals surface area contributed by atoms with Crippen molar-refractivity contribution in [2.24, 2.45) is 0 Å². The number of amides is 1. The largest absolute Gasteiger partial charge is 0.478 e. The molecule has 2 unspecified atom stereocenters. The third-order valence-corrected chi connectivity index (χ3v) is 3.97. The van der Waals surface area contributed by atoms with Crippen molar-refractivity contribution in [1.82, 2.24) is 15.4 Å². The number of aromatic carboxylic acids is 1. The molecule has 0 spiro atoms. The smallest absolute Gasteiger partial charge is 0.337 e. The van der Waals surface area contributed by atoms with Crippen molar-refractivity contribution in [1.29, 1.82) is 0 Å². The third-order valence-electron chi connectivity index (χ3n) is 3.97. The van der Waals surface area contributed by atoms with E-state index in [-0.39, 0.29) is 29.2 Å². The number of hydrogen-bond acceptors (Lipinski definition) is 4. The first kappa shape index (κ1) is 15.4. The Morgan fingerprint density at radius 1 is 1.29 bits per heavy atom. The number of nitrogens with zero attached hydrogens (tertiary/aromatic N) is 2. The maximum absolute atomic E-state index is 12.3. The highest BCUT2D eigenvalue weighted by Crippen LogP contribution is 2.20. The maximum Gasteiger partial charge on any atom is 0.337 e. The number of piperidine rings is 1. The van der Waals surface area contributed by atoms with Crippen molar-refractivity contribution in [3.8, 4) is 0 Å². The quantitative estimate of drug-likeness (QED) is 0.890. The predicted octanol–water partition coefficient (Wildman–Crippen LogP) is 2.00. The van der Waals surface area contributed by atoms with E-state index in [1.165, 1.54) is 18.6 Å². The maximum atomic E-state index is 12.3. The fourth-order valence-corrected chi connectivity index (χ4v) is 2.73. The number of aromatic nitrogens is 1. The molecule has 0 radical (unpaired) electrons. The fourth-order valence-electron chi connectivity index (χ4n) is 2.73. The zero-order valence-electron chi connectivity index (χ0n) is 12.6. The van der Waals surface area contributed by atoms with Gasteiger partial charge < -0.3 is 5.11 Å². The zero-order chi connectivity index (χ0) is 15.6. The van der Waals surface area contributed by atoms with Crippen LogP contribution in [0, 0.1) is 6.92 Å². The van der Waals surface area contributed by atoms with Crippen LogP contribution in [0.1, 0.15) is 59.7 Å². The Morgan fingerprint density at radius 3 is 2.43 bits per heavy atom. The number of aryl methyl sites for hydroxylation is 1. The average molecular weight is 291 g/mol. The second-order valence-corrected chi connectivity index (χ2v) is 5.61. The van der Waals surface area contributed by atoms with Gasteiger partial charge in [-0.05, 0) is 45.7 Å². The second kappa shape index (κ2) is 6.22. The van der Waals surface area contributed by atoms with E-state index in [1.807, 2.05) is 5.01 Å². The average Bonchev–Trinajstić information content (AvgIpc) is 2.42. The summed E-state index contributed by atoms with van der Waals surface area (Å²) in [5.74, 6) is -1.33. The summed E-state index contributed by atoms with van der Waals surface area (Å²) < 4.78 is 0. The van der Waals surface area contributed by atoms with Crippen LogP contribution in [0.25, 0.3) is 0 Å². The third kappa shape index (κ3) is 3.39. The highest BCUT2D eigenvalue weighted by Gasteiger charge is 2.26. The van der Waals surface area contributed by atoms with Gasteiger partial charge in [0.2, 0.25) is 0 Å². The molecule has 1 saturated heterocycles. The first-order valence-electron chi connectivity index (χ1n) is 7.20. The molecule has 2 N–H and O–H groups in total. The van der Waals surface area contributed by atoms with E-state index >= 15 is 0 Å². The summed E-state index contributed by atoms with van der Waals surface area (Å²) in [4.78, 5) is 27.3. The van der Waals surface area contributed by atoms with Crippen molar-refractivity contribution in [2.75, 3.05) is 0 Å². The Labute approximate surface area is 124 Å². The molecule has 114 valence electrons. The summed E-state index contributed by atoms with van der Waals surface area (Å²) in [6.45, 7) is 5.76. The van der Waals surface area contributed by atoms with Crippen LogP contribution >= 0.6 is 0 Å². The summed E-state index contributed by atoms with van der Waals surface area (Å²) in [5.41, 5.74) is 3.59. The molecule has 1 aromatic heterocycles. The van der Waals surface area contributed by atoms with E-state index in [4.69, 9.17) is 5.11 Å². The lowest BCUT2D eigenvalue weighted by atomic mass is 10.00. The summed E-state index contributed by atoms with van der Waals surface area (Å²) in [7, 11) is 0. The lowest BCUT2D eigenvalue weighted by Gasteiger charge is -2.38. The number of nitrogens with one attached hydrogen (secondary N) is 1. The molecule has 1 amide bonds. The van der Waals surface area contributed by atoms with Crippen molar-refractivity contribution in [3.63, 3.8) is 0 Å². The molecule has 2 heterocycles. The molecule has 1 aliphatic rings. The van der Waals surface area contributed by atoms with Gasteiger partial charge in [0.1, 0.15) is 5.69 Å². The number of carboxylic acids is 1. The van der Waals surface area contributed by atoms with Crippen LogP contribution in [0.4, 0.5) is 0 Å². The Bertz CT molecular complexity index is 549. The minimum Gasteiger partial charge on any atom is -0.478 e. The van der Waals surface area contributed by atoms with E-state index in [2.05, 4.69) is 24.3 Å². The van der Waals surface area contributed by atoms with Crippen LogP contribution in [-0.4, -0.2) is 39.1 Å². The molecule has 1 aliphatic heterocycles. The number of hydrogen-bond donors (Lipinski definition) is 2. The number of carboxylic acid groups (broad SMARTS) is 1. The molecule has 0 bridgehead atoms. The van der Waals surface area contributed by atoms with Crippen molar-refractivity contribution in [2.45, 2.75) is 52.1 Å². The Kier molecular flexibility index (Phi) is 4.57. The zero-order valence-corrected chi connectivity index (χ0v) is 12.6. The van der Waals surface area contributed by atoms with Gasteiger partial charge in [-0.3, -0.25) is 10.2 Å². The van der Waals surface area contributed by atoms with Gasteiger partial charge in [0.05, 0.1) is 11.3 Å². The van der Waals surface area contributed by atoms with Gasteiger partial charge in [0.15, 0.2) is 0 Å². The molecule has 2 rings (SSSR count). The van der Waals surface area contributed by atoms with Gasteiger partial charge in [0, 0.05) is 12.1 Å². The predicted molar refractivity (Wildman–Crippen MR) is 78.0 cm³/mol. The van der Waals surface area contributed by atoms with Gasteiger partial charge in [0.25, 0.3) is 5.91 Å². The molecule has 0 aromatic carbocycles. The highest BCUT2D eigenvalue weighted by molar-refractivity contribution is 5.94. The number of pyridine rings is 1. The molecule has 1 fully saturated rings. The van der Waals surface area contributed by atoms with Crippen LogP contribution in [0.3, 0.4) is 0 Å². The van der Waals surface area contributed by atoms with E-state index in [0.717, 1.165) is 12.8 Å². The van der Waals surface area contributed by atoms with Crippen LogP contribution in [0.5, 0.6) is 0 Å².